The van der Waals surface area contributed by atoms with Gasteiger partial charge in [-0.3, -0.25) is 4.90 Å². The Morgan fingerprint density at radius 3 is 2.87 bits per heavy atom. The number of likely N-dealkylation sites (N-methyl/N-ethyl adjacent to an activating group) is 2. The van der Waals surface area contributed by atoms with Crippen molar-refractivity contribution in [2.24, 2.45) is 0 Å². The van der Waals surface area contributed by atoms with E-state index in [0.29, 0.717) is 6.10 Å². The van der Waals surface area contributed by atoms with Gasteiger partial charge in [0.15, 0.2) is 0 Å². The molecule has 4 nitrogen and oxygen atoms in total. The normalized spacial score (nSPS) is 23.6. The van der Waals surface area contributed by atoms with Gasteiger partial charge in [0.1, 0.15) is 0 Å². The molecule has 2 unspecified atom stereocenters. The topological polar surface area (TPSA) is 44.7 Å². The van der Waals surface area contributed by atoms with E-state index >= 15 is 0 Å². The fourth-order valence-electron chi connectivity index (χ4n) is 1.96. The highest BCUT2D eigenvalue weighted by atomic mass is 16.5. The monoisotopic (exact) mass is 216 g/mol. The van der Waals surface area contributed by atoms with Crippen molar-refractivity contribution in [3.05, 3.63) is 0 Å². The molecule has 15 heavy (non-hydrogen) atoms. The highest BCUT2D eigenvalue weighted by Crippen LogP contribution is 2.13. The molecule has 0 radical (unpaired) electrons. The van der Waals surface area contributed by atoms with Crippen molar-refractivity contribution < 1.29 is 9.84 Å². The minimum atomic E-state index is 0.173. The van der Waals surface area contributed by atoms with Gasteiger partial charge in [-0.15, -0.1) is 0 Å². The zero-order valence-electron chi connectivity index (χ0n) is 9.91. The molecule has 4 heteroatoms. The Labute approximate surface area is 92.6 Å². The van der Waals surface area contributed by atoms with Crippen LogP contribution in [0.2, 0.25) is 0 Å². The van der Waals surface area contributed by atoms with Crippen LogP contribution in [0.1, 0.15) is 19.8 Å². The molecule has 2 atom stereocenters. The van der Waals surface area contributed by atoms with Gasteiger partial charge >= 0.3 is 0 Å². The first-order valence-corrected chi connectivity index (χ1v) is 5.92. The number of hydrogen-bond acceptors (Lipinski definition) is 4. The fraction of sp³-hybridized carbons (Fsp3) is 1.00. The van der Waals surface area contributed by atoms with Gasteiger partial charge in [-0.1, -0.05) is 6.92 Å². The van der Waals surface area contributed by atoms with Gasteiger partial charge in [-0.25, -0.2) is 0 Å². The molecular formula is C11H24N2O2. The molecule has 1 aliphatic rings. The Balaban J connectivity index is 2.27. The maximum absolute atomic E-state index is 9.11. The van der Waals surface area contributed by atoms with E-state index in [0.717, 1.165) is 26.2 Å². The summed E-state index contributed by atoms with van der Waals surface area (Å²) in [6.45, 7) is 6.16. The largest absolute Gasteiger partial charge is 0.395 e. The number of hydrogen-bond donors (Lipinski definition) is 2. The molecule has 0 saturated carbocycles. The van der Waals surface area contributed by atoms with Crippen LogP contribution >= 0.6 is 0 Å². The number of aliphatic hydroxyl groups excluding tert-OH is 1. The highest BCUT2D eigenvalue weighted by molar-refractivity contribution is 4.74. The van der Waals surface area contributed by atoms with E-state index in [1.165, 1.54) is 12.8 Å². The molecule has 2 N–H and O–H groups in total. The maximum atomic E-state index is 9.11. The molecule has 1 heterocycles. The summed E-state index contributed by atoms with van der Waals surface area (Å²) in [7, 11) is 1.89. The van der Waals surface area contributed by atoms with Crippen molar-refractivity contribution >= 4 is 0 Å². The molecular weight excluding hydrogens is 192 g/mol. The van der Waals surface area contributed by atoms with Gasteiger partial charge in [0, 0.05) is 25.7 Å². The molecule has 0 bridgehead atoms. The third-order valence-electron chi connectivity index (χ3n) is 3.04. The Hall–Kier alpha value is -0.160. The minimum Gasteiger partial charge on any atom is -0.395 e. The Morgan fingerprint density at radius 2 is 2.40 bits per heavy atom. The predicted molar refractivity (Wildman–Crippen MR) is 61.0 cm³/mol. The summed E-state index contributed by atoms with van der Waals surface area (Å²) in [4.78, 5) is 2.34. The number of rotatable bonds is 7. The lowest BCUT2D eigenvalue weighted by Gasteiger charge is -2.27. The van der Waals surface area contributed by atoms with E-state index in [-0.39, 0.29) is 12.6 Å². The summed E-state index contributed by atoms with van der Waals surface area (Å²) in [6.07, 6.45) is 2.78. The summed E-state index contributed by atoms with van der Waals surface area (Å²) >= 11 is 0. The quantitative estimate of drug-likeness (QED) is 0.632. The first-order valence-electron chi connectivity index (χ1n) is 5.92. The van der Waals surface area contributed by atoms with Gasteiger partial charge in [-0.2, -0.15) is 0 Å². The van der Waals surface area contributed by atoms with Crippen molar-refractivity contribution in [1.82, 2.24) is 10.2 Å². The lowest BCUT2D eigenvalue weighted by molar-refractivity contribution is 0.0684. The van der Waals surface area contributed by atoms with Crippen LogP contribution in [-0.4, -0.2) is 62.0 Å². The van der Waals surface area contributed by atoms with Gasteiger partial charge in [0.05, 0.1) is 12.7 Å². The van der Waals surface area contributed by atoms with Crippen LogP contribution in [0.3, 0.4) is 0 Å². The molecule has 1 aliphatic heterocycles. The standard InChI is InChI=1S/C11H24N2O2/c1-3-13(7-10(9-14)12-2)8-11-5-4-6-15-11/h10-12,14H,3-9H2,1-2H3. The number of nitrogens with zero attached hydrogens (tertiary/aromatic N) is 1. The van der Waals surface area contributed by atoms with Crippen LogP contribution in [0, 0.1) is 0 Å². The SMILES string of the molecule is CCN(CC(CO)NC)CC1CCCO1. The Bertz CT molecular complexity index is 153. The van der Waals surface area contributed by atoms with Crippen molar-refractivity contribution in [3.63, 3.8) is 0 Å². The highest BCUT2D eigenvalue weighted by Gasteiger charge is 2.19. The second-order valence-electron chi connectivity index (χ2n) is 4.16. The molecule has 0 amide bonds. The summed E-state index contributed by atoms with van der Waals surface area (Å²) < 4.78 is 5.61. The van der Waals surface area contributed by atoms with Crippen LogP contribution in [0.25, 0.3) is 0 Å². The molecule has 1 saturated heterocycles. The zero-order valence-corrected chi connectivity index (χ0v) is 9.91. The molecule has 1 fully saturated rings. The summed E-state index contributed by atoms with van der Waals surface area (Å²) in [5.74, 6) is 0. The average Bonchev–Trinajstić information content (AvgIpc) is 2.76. The van der Waals surface area contributed by atoms with E-state index in [4.69, 9.17) is 9.84 Å². The summed E-state index contributed by atoms with van der Waals surface area (Å²) in [5, 5.41) is 12.2. The second kappa shape index (κ2) is 7.17. The molecule has 0 spiro atoms. The zero-order chi connectivity index (χ0) is 11.1. The van der Waals surface area contributed by atoms with Gasteiger partial charge in [0.25, 0.3) is 0 Å². The van der Waals surface area contributed by atoms with Crippen LogP contribution < -0.4 is 5.32 Å². The van der Waals surface area contributed by atoms with Crippen LogP contribution in [0.5, 0.6) is 0 Å². The van der Waals surface area contributed by atoms with Crippen molar-refractivity contribution in [3.8, 4) is 0 Å². The number of nitrogens with one attached hydrogen (secondary N) is 1. The molecule has 0 aromatic heterocycles. The molecule has 1 rings (SSSR count). The van der Waals surface area contributed by atoms with Crippen molar-refractivity contribution in [1.29, 1.82) is 0 Å². The van der Waals surface area contributed by atoms with Gasteiger partial charge in [-0.05, 0) is 26.4 Å². The average molecular weight is 216 g/mol. The maximum Gasteiger partial charge on any atom is 0.0702 e. The summed E-state index contributed by atoms with van der Waals surface area (Å²) in [6, 6.07) is 0.173. The first kappa shape index (κ1) is 12.9. The third-order valence-corrected chi connectivity index (χ3v) is 3.04. The molecule has 0 aliphatic carbocycles. The Morgan fingerprint density at radius 1 is 1.60 bits per heavy atom. The smallest absolute Gasteiger partial charge is 0.0702 e. The lowest BCUT2D eigenvalue weighted by Crippen LogP contribution is -2.44. The predicted octanol–water partition coefficient (Wildman–Crippen LogP) is 0.0676. The molecule has 90 valence electrons. The van der Waals surface area contributed by atoms with Crippen LogP contribution in [0.15, 0.2) is 0 Å². The number of aliphatic hydroxyl groups is 1. The second-order valence-corrected chi connectivity index (χ2v) is 4.16. The molecule has 0 aromatic carbocycles. The molecule has 0 aromatic rings. The van der Waals surface area contributed by atoms with Gasteiger partial charge < -0.3 is 15.2 Å². The van der Waals surface area contributed by atoms with Gasteiger partial charge in [0.2, 0.25) is 0 Å². The fourth-order valence-corrected chi connectivity index (χ4v) is 1.96. The van der Waals surface area contributed by atoms with E-state index in [2.05, 4.69) is 17.1 Å². The summed E-state index contributed by atoms with van der Waals surface area (Å²) in [5.41, 5.74) is 0. The van der Waals surface area contributed by atoms with Crippen molar-refractivity contribution in [2.75, 3.05) is 39.9 Å². The number of ether oxygens (including phenoxy) is 1. The van der Waals surface area contributed by atoms with E-state index in [1.807, 2.05) is 7.05 Å². The van der Waals surface area contributed by atoms with Crippen LogP contribution in [-0.2, 0) is 4.74 Å². The Kier molecular flexibility index (Phi) is 6.17. The first-order chi connectivity index (χ1) is 7.30. The van der Waals surface area contributed by atoms with E-state index < -0.39 is 0 Å². The van der Waals surface area contributed by atoms with Crippen LogP contribution in [0.4, 0.5) is 0 Å². The minimum absolute atomic E-state index is 0.173. The van der Waals surface area contributed by atoms with E-state index in [1.54, 1.807) is 0 Å². The van der Waals surface area contributed by atoms with E-state index in [9.17, 15) is 0 Å². The lowest BCUT2D eigenvalue weighted by atomic mass is 10.2. The van der Waals surface area contributed by atoms with Crippen molar-refractivity contribution in [2.45, 2.75) is 31.9 Å². The third kappa shape index (κ3) is 4.47.